The first-order valence-corrected chi connectivity index (χ1v) is 14.8. The van der Waals surface area contributed by atoms with Gasteiger partial charge in [0.05, 0.1) is 33.6 Å². The van der Waals surface area contributed by atoms with Crippen molar-refractivity contribution in [3.05, 3.63) is 28.3 Å². The summed E-state index contributed by atoms with van der Waals surface area (Å²) in [6.07, 6.45) is 3.33. The summed E-state index contributed by atoms with van der Waals surface area (Å²) in [6, 6.07) is 3.80. The highest BCUT2D eigenvalue weighted by atomic mass is 79.9. The minimum absolute atomic E-state index is 0.0917. The molecular formula is C19H30BrN3O7S2. The molecular weight excluding hydrogens is 526 g/mol. The summed E-state index contributed by atoms with van der Waals surface area (Å²) in [6.45, 7) is 1.90. The van der Waals surface area contributed by atoms with E-state index in [-0.39, 0.29) is 23.7 Å². The summed E-state index contributed by atoms with van der Waals surface area (Å²) in [5, 5.41) is 11.2. The highest BCUT2D eigenvalue weighted by molar-refractivity contribution is 9.09. The third kappa shape index (κ3) is 7.65. The molecule has 1 heterocycles. The molecule has 0 aromatic heterocycles. The standard InChI is InChI=1S/C19H30BrN3O7S2/c1-21-10-3-5-17(6-4-11-21)32(28,29)19-15-16(23(24)25)7-8-18(19)22(12-9-20)13-14-30-31(2,26)27/h7-8,15,17H,3-6,9-14H2,1-2H3. The van der Waals surface area contributed by atoms with E-state index >= 15 is 0 Å². The van der Waals surface area contributed by atoms with Gasteiger partial charge in [-0.25, -0.2) is 8.42 Å². The molecule has 0 bridgehead atoms. The molecule has 1 aromatic rings. The molecule has 0 unspecified atom stereocenters. The van der Waals surface area contributed by atoms with Gasteiger partial charge in [-0.2, -0.15) is 8.42 Å². The van der Waals surface area contributed by atoms with Crippen molar-refractivity contribution in [1.29, 1.82) is 0 Å². The van der Waals surface area contributed by atoms with E-state index in [1.54, 1.807) is 4.90 Å². The summed E-state index contributed by atoms with van der Waals surface area (Å²) < 4.78 is 54.8. The lowest BCUT2D eigenvalue weighted by molar-refractivity contribution is -0.385. The van der Waals surface area contributed by atoms with Gasteiger partial charge in [-0.05, 0) is 51.9 Å². The molecule has 182 valence electrons. The topological polar surface area (TPSA) is 127 Å². The van der Waals surface area contributed by atoms with E-state index < -0.39 is 30.1 Å². The Kier molecular flexibility index (Phi) is 9.88. The lowest BCUT2D eigenvalue weighted by Crippen LogP contribution is -2.33. The predicted octanol–water partition coefficient (Wildman–Crippen LogP) is 2.42. The molecule has 1 aliphatic rings. The number of anilines is 1. The summed E-state index contributed by atoms with van der Waals surface area (Å²) >= 11 is 3.33. The molecule has 0 spiro atoms. The molecule has 10 nitrogen and oxygen atoms in total. The number of halogens is 1. The Labute approximate surface area is 198 Å². The number of alkyl halides is 1. The van der Waals surface area contributed by atoms with Gasteiger partial charge in [-0.3, -0.25) is 14.3 Å². The molecule has 0 saturated carbocycles. The molecule has 1 aliphatic heterocycles. The number of nitro benzene ring substituents is 1. The maximum absolute atomic E-state index is 13.7. The summed E-state index contributed by atoms with van der Waals surface area (Å²) in [5.41, 5.74) is 0.00964. The van der Waals surface area contributed by atoms with Crippen molar-refractivity contribution in [2.24, 2.45) is 0 Å². The Morgan fingerprint density at radius 1 is 1.19 bits per heavy atom. The Bertz CT molecular complexity index is 992. The van der Waals surface area contributed by atoms with Crippen LogP contribution < -0.4 is 4.90 Å². The minimum Gasteiger partial charge on any atom is -0.367 e. The fourth-order valence-electron chi connectivity index (χ4n) is 3.78. The molecule has 13 heteroatoms. The number of likely N-dealkylation sites (tertiary alicyclic amines) is 1. The minimum atomic E-state index is -3.86. The second-order valence-corrected chi connectivity index (χ2v) is 12.5. The fourth-order valence-corrected chi connectivity index (χ4v) is 6.67. The normalized spacial score (nSPS) is 17.0. The van der Waals surface area contributed by atoms with Crippen molar-refractivity contribution in [2.75, 3.05) is 56.3 Å². The van der Waals surface area contributed by atoms with Gasteiger partial charge in [0.1, 0.15) is 0 Å². The van der Waals surface area contributed by atoms with Crippen LogP contribution in [0.3, 0.4) is 0 Å². The average molecular weight is 557 g/mol. The number of hydrogen-bond donors (Lipinski definition) is 0. The van der Waals surface area contributed by atoms with Crippen LogP contribution in [0.15, 0.2) is 23.1 Å². The van der Waals surface area contributed by atoms with Gasteiger partial charge in [0.2, 0.25) is 0 Å². The summed E-state index contributed by atoms with van der Waals surface area (Å²) in [7, 11) is -5.51. The maximum Gasteiger partial charge on any atom is 0.270 e. The van der Waals surface area contributed by atoms with Crippen LogP contribution >= 0.6 is 15.9 Å². The van der Waals surface area contributed by atoms with E-state index in [4.69, 9.17) is 4.18 Å². The van der Waals surface area contributed by atoms with Crippen LogP contribution in [-0.2, 0) is 24.1 Å². The van der Waals surface area contributed by atoms with Gasteiger partial charge in [-0.1, -0.05) is 15.9 Å². The Morgan fingerprint density at radius 2 is 1.81 bits per heavy atom. The number of benzene rings is 1. The average Bonchev–Trinajstić information content (AvgIpc) is 2.68. The lowest BCUT2D eigenvalue weighted by atomic mass is 10.1. The first-order chi connectivity index (χ1) is 15.0. The number of sulfone groups is 1. The van der Waals surface area contributed by atoms with E-state index in [9.17, 15) is 26.9 Å². The van der Waals surface area contributed by atoms with E-state index in [1.165, 1.54) is 12.1 Å². The van der Waals surface area contributed by atoms with E-state index in [1.807, 2.05) is 7.05 Å². The summed E-state index contributed by atoms with van der Waals surface area (Å²) in [5.74, 6) is 0. The quantitative estimate of drug-likeness (QED) is 0.185. The van der Waals surface area contributed by atoms with Crippen molar-refractivity contribution < 1.29 is 25.9 Å². The van der Waals surface area contributed by atoms with E-state index in [0.717, 1.165) is 38.3 Å². The van der Waals surface area contributed by atoms with Gasteiger partial charge >= 0.3 is 0 Å². The Hall–Kier alpha value is -1.28. The highest BCUT2D eigenvalue weighted by Crippen LogP contribution is 2.34. The third-order valence-corrected chi connectivity index (χ3v) is 8.62. The van der Waals surface area contributed by atoms with Crippen molar-refractivity contribution in [1.82, 2.24) is 4.90 Å². The second-order valence-electron chi connectivity index (χ2n) is 7.87. The molecule has 0 N–H and O–H groups in total. The zero-order valence-corrected chi connectivity index (χ0v) is 21.5. The van der Waals surface area contributed by atoms with Crippen LogP contribution in [0.25, 0.3) is 0 Å². The lowest BCUT2D eigenvalue weighted by Gasteiger charge is -2.29. The number of rotatable bonds is 10. The molecule has 2 rings (SSSR count). The highest BCUT2D eigenvalue weighted by Gasteiger charge is 2.33. The van der Waals surface area contributed by atoms with Crippen LogP contribution in [0.5, 0.6) is 0 Å². The SMILES string of the molecule is CN1CCCC(S(=O)(=O)c2cc([N+](=O)[O-])ccc2N(CCBr)CCOS(C)(=O)=O)CCC1. The van der Waals surface area contributed by atoms with Crippen molar-refractivity contribution in [3.8, 4) is 0 Å². The first kappa shape index (κ1) is 27.0. The monoisotopic (exact) mass is 555 g/mol. The molecule has 0 atom stereocenters. The van der Waals surface area contributed by atoms with Gasteiger partial charge in [0, 0.05) is 30.6 Å². The zero-order chi connectivity index (χ0) is 23.9. The summed E-state index contributed by atoms with van der Waals surface area (Å²) in [4.78, 5) is 14.5. The van der Waals surface area contributed by atoms with Gasteiger partial charge in [-0.15, -0.1) is 0 Å². The largest absolute Gasteiger partial charge is 0.367 e. The first-order valence-electron chi connectivity index (χ1n) is 10.3. The van der Waals surface area contributed by atoms with Crippen LogP contribution in [0.2, 0.25) is 0 Å². The Balaban J connectivity index is 2.45. The van der Waals surface area contributed by atoms with Gasteiger partial charge in [0.15, 0.2) is 9.84 Å². The maximum atomic E-state index is 13.7. The third-order valence-electron chi connectivity index (χ3n) is 5.39. The molecule has 1 aromatic carbocycles. The number of hydrogen-bond acceptors (Lipinski definition) is 9. The second kappa shape index (κ2) is 11.7. The molecule has 32 heavy (non-hydrogen) atoms. The number of non-ortho nitro benzene ring substituents is 1. The van der Waals surface area contributed by atoms with Crippen molar-refractivity contribution >= 4 is 47.3 Å². The fraction of sp³-hybridized carbons (Fsp3) is 0.684. The van der Waals surface area contributed by atoms with Crippen molar-refractivity contribution in [3.63, 3.8) is 0 Å². The van der Waals surface area contributed by atoms with Crippen LogP contribution in [0.1, 0.15) is 25.7 Å². The smallest absolute Gasteiger partial charge is 0.270 e. The Morgan fingerprint density at radius 3 is 2.34 bits per heavy atom. The molecule has 0 amide bonds. The van der Waals surface area contributed by atoms with Gasteiger partial charge < -0.3 is 9.80 Å². The van der Waals surface area contributed by atoms with Crippen LogP contribution in [-0.4, -0.2) is 83.3 Å². The van der Waals surface area contributed by atoms with Crippen molar-refractivity contribution in [2.45, 2.75) is 35.8 Å². The van der Waals surface area contributed by atoms with E-state index in [2.05, 4.69) is 20.8 Å². The zero-order valence-electron chi connectivity index (χ0n) is 18.3. The van der Waals surface area contributed by atoms with E-state index in [0.29, 0.717) is 30.4 Å². The molecule has 0 aliphatic carbocycles. The van der Waals surface area contributed by atoms with Gasteiger partial charge in [0.25, 0.3) is 15.8 Å². The van der Waals surface area contributed by atoms with Crippen LogP contribution in [0, 0.1) is 10.1 Å². The predicted molar refractivity (Wildman–Crippen MR) is 127 cm³/mol. The number of nitrogens with zero attached hydrogens (tertiary/aromatic N) is 3. The molecule has 0 radical (unpaired) electrons. The number of nitro groups is 1. The molecule has 1 fully saturated rings. The molecule has 1 saturated heterocycles. The van der Waals surface area contributed by atoms with Crippen LogP contribution in [0.4, 0.5) is 11.4 Å².